The number of guanidine groups is 2. The minimum absolute atomic E-state index is 0.0575. The molecule has 0 bridgehead atoms. The first-order valence-electron chi connectivity index (χ1n) is 3.81. The lowest BCUT2D eigenvalue weighted by Crippen LogP contribution is -2.30. The Bertz CT molecular complexity index is 217. The summed E-state index contributed by atoms with van der Waals surface area (Å²) in [7, 11) is 1.59. The van der Waals surface area contributed by atoms with Crippen molar-refractivity contribution in [2.45, 2.75) is 19.4 Å². The van der Waals surface area contributed by atoms with Crippen molar-refractivity contribution in [2.24, 2.45) is 27.2 Å². The lowest BCUT2D eigenvalue weighted by Gasteiger charge is -2.17. The second-order valence-electron chi connectivity index (χ2n) is 3.25. The second-order valence-corrected chi connectivity index (χ2v) is 3.25. The third kappa shape index (κ3) is 5.92. The quantitative estimate of drug-likeness (QED) is 0.388. The van der Waals surface area contributed by atoms with Crippen molar-refractivity contribution in [3.05, 3.63) is 0 Å². The summed E-state index contributed by atoms with van der Waals surface area (Å²) in [6.45, 7) is 4.19. The van der Waals surface area contributed by atoms with Crippen LogP contribution in [0.3, 0.4) is 0 Å². The van der Waals surface area contributed by atoms with E-state index in [1.165, 1.54) is 0 Å². The maximum Gasteiger partial charge on any atom is 0.219 e. The average molecular weight is 187 g/mol. The molecule has 0 unspecified atom stereocenters. The number of hydrogen-bond acceptors (Lipinski definition) is 2. The molecule has 0 saturated heterocycles. The number of methoxy groups -OCH3 is 1. The van der Waals surface area contributed by atoms with Crippen LogP contribution >= 0.6 is 0 Å². The smallest absolute Gasteiger partial charge is 0.219 e. The molecule has 0 radical (unpaired) electrons. The first kappa shape index (κ1) is 11.7. The van der Waals surface area contributed by atoms with E-state index >= 15 is 0 Å². The van der Waals surface area contributed by atoms with Gasteiger partial charge in [-0.25, -0.2) is 4.99 Å². The van der Waals surface area contributed by atoms with Gasteiger partial charge in [0.1, 0.15) is 0 Å². The number of nitrogens with two attached hydrogens (primary N) is 3. The molecule has 0 aromatic carbocycles. The maximum absolute atomic E-state index is 5.44. The minimum Gasteiger partial charge on any atom is -0.382 e. The third-order valence-electron chi connectivity index (χ3n) is 1.16. The first-order chi connectivity index (χ1) is 5.87. The van der Waals surface area contributed by atoms with Crippen LogP contribution in [-0.4, -0.2) is 31.2 Å². The normalized spacial score (nSPS) is 12.7. The highest BCUT2D eigenvalue weighted by molar-refractivity contribution is 5.92. The summed E-state index contributed by atoms with van der Waals surface area (Å²) in [6, 6.07) is 0. The highest BCUT2D eigenvalue weighted by Gasteiger charge is 2.16. The van der Waals surface area contributed by atoms with Gasteiger partial charge >= 0.3 is 0 Å². The molecular weight excluding hydrogens is 170 g/mol. The highest BCUT2D eigenvalue weighted by Crippen LogP contribution is 2.08. The van der Waals surface area contributed by atoms with Crippen molar-refractivity contribution < 1.29 is 4.74 Å². The van der Waals surface area contributed by atoms with Crippen molar-refractivity contribution in [3.8, 4) is 0 Å². The van der Waals surface area contributed by atoms with Crippen molar-refractivity contribution >= 4 is 11.9 Å². The predicted octanol–water partition coefficient (Wildman–Crippen LogP) is -1.00. The van der Waals surface area contributed by atoms with Crippen molar-refractivity contribution in [1.29, 1.82) is 0 Å². The van der Waals surface area contributed by atoms with Crippen LogP contribution in [0, 0.1) is 0 Å². The van der Waals surface area contributed by atoms with Gasteiger partial charge in [-0.05, 0) is 13.8 Å². The third-order valence-corrected chi connectivity index (χ3v) is 1.16. The molecule has 0 aromatic rings. The van der Waals surface area contributed by atoms with Crippen LogP contribution in [0.5, 0.6) is 0 Å². The highest BCUT2D eigenvalue weighted by atomic mass is 16.5. The van der Waals surface area contributed by atoms with Crippen LogP contribution in [0.2, 0.25) is 0 Å². The Morgan fingerprint density at radius 2 is 1.85 bits per heavy atom. The average Bonchev–Trinajstić information content (AvgIpc) is 1.81. The molecule has 0 atom stereocenters. The Hall–Kier alpha value is -1.30. The van der Waals surface area contributed by atoms with E-state index in [0.717, 1.165) is 0 Å². The minimum atomic E-state index is -0.419. The summed E-state index contributed by atoms with van der Waals surface area (Å²) < 4.78 is 4.94. The largest absolute Gasteiger partial charge is 0.382 e. The Morgan fingerprint density at radius 3 is 2.23 bits per heavy atom. The number of hydrogen-bond donors (Lipinski definition) is 3. The summed E-state index contributed by atoms with van der Waals surface area (Å²) in [5.74, 6) is -0.0449. The molecule has 6 heteroatoms. The SMILES string of the molecule is COCC(C)(C)N=C(N)N=C(N)N. The fourth-order valence-electron chi connectivity index (χ4n) is 0.853. The predicted molar refractivity (Wildman–Crippen MR) is 53.4 cm³/mol. The zero-order valence-corrected chi connectivity index (χ0v) is 8.24. The van der Waals surface area contributed by atoms with Gasteiger partial charge < -0.3 is 21.9 Å². The van der Waals surface area contributed by atoms with E-state index in [4.69, 9.17) is 21.9 Å². The zero-order valence-electron chi connectivity index (χ0n) is 8.24. The topological polar surface area (TPSA) is 112 Å². The molecule has 6 nitrogen and oxygen atoms in total. The molecule has 6 N–H and O–H groups in total. The molecule has 0 aliphatic carbocycles. The fourth-order valence-corrected chi connectivity index (χ4v) is 0.853. The van der Waals surface area contributed by atoms with E-state index < -0.39 is 5.54 Å². The number of aliphatic imine (C=N–C) groups is 2. The summed E-state index contributed by atoms with van der Waals surface area (Å²) in [6.07, 6.45) is 0. The van der Waals surface area contributed by atoms with Crippen LogP contribution in [0.1, 0.15) is 13.8 Å². The Balaban J connectivity index is 4.44. The first-order valence-corrected chi connectivity index (χ1v) is 3.81. The zero-order chi connectivity index (χ0) is 10.5. The van der Waals surface area contributed by atoms with E-state index in [1.807, 2.05) is 13.8 Å². The van der Waals surface area contributed by atoms with Gasteiger partial charge in [0.05, 0.1) is 12.1 Å². The Morgan fingerprint density at radius 1 is 1.31 bits per heavy atom. The summed E-state index contributed by atoms with van der Waals surface area (Å²) in [5, 5.41) is 0. The van der Waals surface area contributed by atoms with Crippen molar-refractivity contribution in [3.63, 3.8) is 0 Å². The van der Waals surface area contributed by atoms with Crippen LogP contribution < -0.4 is 17.2 Å². The van der Waals surface area contributed by atoms with Gasteiger partial charge in [0.15, 0.2) is 5.96 Å². The Labute approximate surface area is 77.9 Å². The van der Waals surface area contributed by atoms with Crippen LogP contribution in [0.4, 0.5) is 0 Å². The number of ether oxygens (including phenoxy) is 1. The molecule has 0 fully saturated rings. The standard InChI is InChI=1S/C7H17N5O/c1-7(2,4-13-3)12-6(10)11-5(8)9/h4H2,1-3H3,(H6,8,9,10,11,12). The molecule has 0 heterocycles. The van der Waals surface area contributed by atoms with Crippen LogP contribution in [0.15, 0.2) is 9.98 Å². The molecule has 0 aliphatic heterocycles. The number of nitrogens with zero attached hydrogens (tertiary/aromatic N) is 2. The van der Waals surface area contributed by atoms with Crippen molar-refractivity contribution in [1.82, 2.24) is 0 Å². The van der Waals surface area contributed by atoms with Gasteiger partial charge in [-0.3, -0.25) is 0 Å². The molecule has 0 aliphatic rings. The van der Waals surface area contributed by atoms with Gasteiger partial charge in [0.2, 0.25) is 5.96 Å². The number of rotatable bonds is 3. The van der Waals surface area contributed by atoms with Gasteiger partial charge in [-0.1, -0.05) is 0 Å². The lowest BCUT2D eigenvalue weighted by molar-refractivity contribution is 0.150. The van der Waals surface area contributed by atoms with E-state index in [2.05, 4.69) is 9.98 Å². The van der Waals surface area contributed by atoms with Crippen molar-refractivity contribution in [2.75, 3.05) is 13.7 Å². The van der Waals surface area contributed by atoms with Gasteiger partial charge in [-0.2, -0.15) is 4.99 Å². The summed E-state index contributed by atoms with van der Waals surface area (Å²) in [4.78, 5) is 7.65. The molecular formula is C7H17N5O. The fraction of sp³-hybridized carbons (Fsp3) is 0.714. The maximum atomic E-state index is 5.44. The molecule has 0 amide bonds. The summed E-state index contributed by atoms with van der Waals surface area (Å²) >= 11 is 0. The molecule has 0 spiro atoms. The molecule has 0 aromatic heterocycles. The lowest BCUT2D eigenvalue weighted by atomic mass is 10.1. The Kier molecular flexibility index (Phi) is 4.19. The van der Waals surface area contributed by atoms with E-state index in [9.17, 15) is 0 Å². The van der Waals surface area contributed by atoms with E-state index in [-0.39, 0.29) is 11.9 Å². The molecule has 76 valence electrons. The van der Waals surface area contributed by atoms with Crippen LogP contribution in [0.25, 0.3) is 0 Å². The second kappa shape index (κ2) is 4.66. The summed E-state index contributed by atoms with van der Waals surface area (Å²) in [5.41, 5.74) is 15.3. The monoisotopic (exact) mass is 187 g/mol. The van der Waals surface area contributed by atoms with E-state index in [0.29, 0.717) is 6.61 Å². The molecule has 0 rings (SSSR count). The van der Waals surface area contributed by atoms with E-state index in [1.54, 1.807) is 7.11 Å². The van der Waals surface area contributed by atoms with Gasteiger partial charge in [0, 0.05) is 7.11 Å². The van der Waals surface area contributed by atoms with Crippen LogP contribution in [-0.2, 0) is 4.74 Å². The molecule has 13 heavy (non-hydrogen) atoms. The van der Waals surface area contributed by atoms with Gasteiger partial charge in [-0.15, -0.1) is 0 Å². The molecule has 0 saturated carbocycles. The van der Waals surface area contributed by atoms with Gasteiger partial charge in [0.25, 0.3) is 0 Å².